The lowest BCUT2D eigenvalue weighted by Crippen LogP contribution is -2.06. The normalized spacial score (nSPS) is 11.3. The van der Waals surface area contributed by atoms with Gasteiger partial charge in [-0.1, -0.05) is 11.6 Å². The van der Waals surface area contributed by atoms with Crippen LogP contribution in [-0.4, -0.2) is 11.0 Å². The predicted molar refractivity (Wildman–Crippen MR) is 51.3 cm³/mol. The summed E-state index contributed by atoms with van der Waals surface area (Å²) in [5, 5.41) is 9.86. The Labute approximate surface area is 80.4 Å². The monoisotopic (exact) mass is 197 g/mol. The second-order valence-electron chi connectivity index (χ2n) is 2.44. The first-order valence-corrected chi connectivity index (χ1v) is 3.93. The number of benzene rings is 1. The summed E-state index contributed by atoms with van der Waals surface area (Å²) in [7, 11) is 0. The molecule has 4 heteroatoms. The summed E-state index contributed by atoms with van der Waals surface area (Å²) in [6.45, 7) is 0. The van der Waals surface area contributed by atoms with Crippen molar-refractivity contribution in [3.63, 3.8) is 0 Å². The predicted octanol–water partition coefficient (Wildman–Crippen LogP) is 1.72. The van der Waals surface area contributed by atoms with Gasteiger partial charge in [-0.3, -0.25) is 4.79 Å². The van der Waals surface area contributed by atoms with Gasteiger partial charge in [0.15, 0.2) is 0 Å². The van der Waals surface area contributed by atoms with Gasteiger partial charge in [-0.25, -0.2) is 0 Å². The highest BCUT2D eigenvalue weighted by Gasteiger charge is 1.99. The minimum atomic E-state index is -0.688. The molecule has 0 radical (unpaired) electrons. The van der Waals surface area contributed by atoms with Crippen molar-refractivity contribution < 1.29 is 9.90 Å². The Balaban J connectivity index is 2.96. The maximum absolute atomic E-state index is 10.4. The number of halogens is 1. The molecule has 0 heterocycles. The van der Waals surface area contributed by atoms with Crippen molar-refractivity contribution in [3.05, 3.63) is 40.9 Å². The summed E-state index contributed by atoms with van der Waals surface area (Å²) in [5.74, 6) is -0.850. The molecule has 1 aromatic rings. The van der Waals surface area contributed by atoms with Gasteiger partial charge in [-0.2, -0.15) is 0 Å². The molecule has 0 saturated heterocycles. The number of hydrogen-bond donors (Lipinski definition) is 2. The van der Waals surface area contributed by atoms with Gasteiger partial charge in [0.05, 0.1) is 0 Å². The van der Waals surface area contributed by atoms with E-state index in [1.165, 1.54) is 0 Å². The zero-order chi connectivity index (χ0) is 9.84. The number of rotatable bonds is 2. The summed E-state index contributed by atoms with van der Waals surface area (Å²) in [4.78, 5) is 10.4. The molecule has 0 atom stereocenters. The van der Waals surface area contributed by atoms with E-state index < -0.39 is 5.91 Å². The van der Waals surface area contributed by atoms with Crippen LogP contribution in [-0.2, 0) is 4.79 Å². The van der Waals surface area contributed by atoms with Gasteiger partial charge in [0, 0.05) is 16.7 Å². The molecule has 0 unspecified atom stereocenters. The highest BCUT2D eigenvalue weighted by molar-refractivity contribution is 6.30. The molecular weight excluding hydrogens is 190 g/mol. The molecule has 68 valence electrons. The zero-order valence-electron chi connectivity index (χ0n) is 6.70. The van der Waals surface area contributed by atoms with E-state index in [4.69, 9.17) is 17.3 Å². The fourth-order valence-electron chi connectivity index (χ4n) is 0.839. The molecule has 0 saturated carbocycles. The number of hydrogen-bond acceptors (Lipinski definition) is 2. The highest BCUT2D eigenvalue weighted by atomic mass is 35.5. The van der Waals surface area contributed by atoms with Crippen molar-refractivity contribution in [2.75, 3.05) is 0 Å². The Morgan fingerprint density at radius 3 is 2.38 bits per heavy atom. The first-order chi connectivity index (χ1) is 6.09. The highest BCUT2D eigenvalue weighted by Crippen LogP contribution is 2.14. The molecule has 1 aromatic carbocycles. The van der Waals surface area contributed by atoms with Crippen molar-refractivity contribution in [3.8, 4) is 0 Å². The summed E-state index contributed by atoms with van der Waals surface area (Å²) < 4.78 is 0. The summed E-state index contributed by atoms with van der Waals surface area (Å²) in [6.07, 6.45) is 0.948. The molecule has 1 amide bonds. The molecule has 0 aliphatic carbocycles. The standard InChI is InChI=1S/C9H8ClNO2/c10-7-3-1-6(2-4-7)8(12)5-9(11)13/h1-5,12H,(H2,11,13)/b8-5-. The molecule has 13 heavy (non-hydrogen) atoms. The number of aliphatic hydroxyl groups is 1. The largest absolute Gasteiger partial charge is 0.507 e. The quantitative estimate of drug-likeness (QED) is 0.560. The van der Waals surface area contributed by atoms with E-state index in [1.54, 1.807) is 24.3 Å². The van der Waals surface area contributed by atoms with E-state index >= 15 is 0 Å². The van der Waals surface area contributed by atoms with Crippen LogP contribution in [0, 0.1) is 0 Å². The number of carbonyl (C=O) groups is 1. The van der Waals surface area contributed by atoms with E-state index in [0.29, 0.717) is 10.6 Å². The van der Waals surface area contributed by atoms with E-state index in [0.717, 1.165) is 6.08 Å². The molecule has 0 aliphatic rings. The van der Waals surface area contributed by atoms with Crippen LogP contribution in [0.1, 0.15) is 5.56 Å². The van der Waals surface area contributed by atoms with Crippen LogP contribution in [0.3, 0.4) is 0 Å². The Kier molecular flexibility index (Phi) is 2.93. The zero-order valence-corrected chi connectivity index (χ0v) is 7.45. The fraction of sp³-hybridized carbons (Fsp3) is 0. The Morgan fingerprint density at radius 1 is 1.38 bits per heavy atom. The third kappa shape index (κ3) is 2.80. The molecule has 1 rings (SSSR count). The third-order valence-electron chi connectivity index (χ3n) is 1.42. The van der Waals surface area contributed by atoms with Crippen LogP contribution in [0.2, 0.25) is 5.02 Å². The van der Waals surface area contributed by atoms with Crippen molar-refractivity contribution >= 4 is 23.3 Å². The van der Waals surface area contributed by atoms with Gasteiger partial charge < -0.3 is 10.8 Å². The van der Waals surface area contributed by atoms with Crippen molar-refractivity contribution in [1.82, 2.24) is 0 Å². The lowest BCUT2D eigenvalue weighted by Gasteiger charge is -1.98. The van der Waals surface area contributed by atoms with Crippen molar-refractivity contribution in [1.29, 1.82) is 0 Å². The Morgan fingerprint density at radius 2 is 1.92 bits per heavy atom. The lowest BCUT2D eigenvalue weighted by atomic mass is 10.2. The number of aliphatic hydroxyl groups excluding tert-OH is 1. The van der Waals surface area contributed by atoms with Crippen molar-refractivity contribution in [2.45, 2.75) is 0 Å². The molecular formula is C9H8ClNO2. The average Bonchev–Trinajstić information content (AvgIpc) is 2.04. The topological polar surface area (TPSA) is 63.3 Å². The fourth-order valence-corrected chi connectivity index (χ4v) is 0.965. The number of carbonyl (C=O) groups excluding carboxylic acids is 1. The van der Waals surface area contributed by atoms with Crippen LogP contribution in [0.5, 0.6) is 0 Å². The van der Waals surface area contributed by atoms with Crippen molar-refractivity contribution in [2.24, 2.45) is 5.73 Å². The SMILES string of the molecule is NC(=O)/C=C(\O)c1ccc(Cl)cc1. The molecule has 0 spiro atoms. The van der Waals surface area contributed by atoms with Crippen LogP contribution in [0.25, 0.3) is 5.76 Å². The molecule has 0 aromatic heterocycles. The average molecular weight is 198 g/mol. The van der Waals surface area contributed by atoms with Crippen LogP contribution in [0.15, 0.2) is 30.3 Å². The first kappa shape index (κ1) is 9.61. The first-order valence-electron chi connectivity index (χ1n) is 3.55. The second kappa shape index (κ2) is 3.96. The summed E-state index contributed by atoms with van der Waals surface area (Å²) in [6, 6.07) is 6.41. The smallest absolute Gasteiger partial charge is 0.245 e. The van der Waals surface area contributed by atoms with E-state index in [1.807, 2.05) is 0 Å². The minimum Gasteiger partial charge on any atom is -0.507 e. The van der Waals surface area contributed by atoms with Gasteiger partial charge >= 0.3 is 0 Å². The van der Waals surface area contributed by atoms with Gasteiger partial charge in [-0.15, -0.1) is 0 Å². The molecule has 0 aliphatic heterocycles. The van der Waals surface area contributed by atoms with E-state index in [9.17, 15) is 9.90 Å². The van der Waals surface area contributed by atoms with Gasteiger partial charge in [0.2, 0.25) is 5.91 Å². The molecule has 3 nitrogen and oxygen atoms in total. The number of primary amides is 1. The van der Waals surface area contributed by atoms with Crippen LogP contribution >= 0.6 is 11.6 Å². The molecule has 0 bridgehead atoms. The lowest BCUT2D eigenvalue weighted by molar-refractivity contribution is -0.113. The minimum absolute atomic E-state index is 0.163. The second-order valence-corrected chi connectivity index (χ2v) is 2.88. The van der Waals surface area contributed by atoms with Crippen LogP contribution in [0.4, 0.5) is 0 Å². The van der Waals surface area contributed by atoms with Gasteiger partial charge in [0.25, 0.3) is 0 Å². The third-order valence-corrected chi connectivity index (χ3v) is 1.67. The van der Waals surface area contributed by atoms with Crippen LogP contribution < -0.4 is 5.73 Å². The van der Waals surface area contributed by atoms with E-state index in [-0.39, 0.29) is 5.76 Å². The Bertz CT molecular complexity index is 343. The number of nitrogens with two attached hydrogens (primary N) is 1. The Hall–Kier alpha value is -1.48. The van der Waals surface area contributed by atoms with Gasteiger partial charge in [-0.05, 0) is 24.3 Å². The van der Waals surface area contributed by atoms with Gasteiger partial charge in [0.1, 0.15) is 5.76 Å². The molecule has 0 fully saturated rings. The molecule has 3 N–H and O–H groups in total. The summed E-state index contributed by atoms with van der Waals surface area (Å²) >= 11 is 5.63. The maximum atomic E-state index is 10.4. The summed E-state index contributed by atoms with van der Waals surface area (Å²) in [5.41, 5.74) is 5.36. The van der Waals surface area contributed by atoms with E-state index in [2.05, 4.69) is 0 Å². The maximum Gasteiger partial charge on any atom is 0.245 e. The number of amides is 1.